The van der Waals surface area contributed by atoms with E-state index in [2.05, 4.69) is 13.8 Å². The molecule has 1 unspecified atom stereocenters. The van der Waals surface area contributed by atoms with Crippen molar-refractivity contribution < 1.29 is 18.7 Å². The van der Waals surface area contributed by atoms with E-state index in [4.69, 9.17) is 13.9 Å². The lowest BCUT2D eigenvalue weighted by molar-refractivity contribution is 0.0728. The van der Waals surface area contributed by atoms with Crippen molar-refractivity contribution in [3.05, 3.63) is 69.6 Å². The first-order chi connectivity index (χ1) is 15.0. The molecule has 162 valence electrons. The molecule has 0 aliphatic carbocycles. The van der Waals surface area contributed by atoms with Gasteiger partial charge >= 0.3 is 0 Å². The molecular formula is C25H27NO5. The number of rotatable bonds is 7. The maximum absolute atomic E-state index is 13.4. The first kappa shape index (κ1) is 21.0. The number of hydrogen-bond acceptors (Lipinski definition) is 5. The maximum Gasteiger partial charge on any atom is 0.290 e. The summed E-state index contributed by atoms with van der Waals surface area (Å²) in [5, 5.41) is 0.473. The minimum absolute atomic E-state index is 0.126. The van der Waals surface area contributed by atoms with Gasteiger partial charge in [0, 0.05) is 6.54 Å². The summed E-state index contributed by atoms with van der Waals surface area (Å²) in [6.07, 6.45) is 0.761. The summed E-state index contributed by atoms with van der Waals surface area (Å²) in [7, 11) is 1.58. The first-order valence-corrected chi connectivity index (χ1v) is 10.6. The van der Waals surface area contributed by atoms with Gasteiger partial charge in [-0.05, 0) is 42.2 Å². The highest BCUT2D eigenvalue weighted by atomic mass is 16.5. The molecule has 2 heterocycles. The molecule has 0 saturated heterocycles. The van der Waals surface area contributed by atoms with Crippen LogP contribution in [0, 0.1) is 5.92 Å². The Bertz CT molecular complexity index is 1180. The Hall–Kier alpha value is -3.28. The zero-order valence-corrected chi connectivity index (χ0v) is 18.3. The van der Waals surface area contributed by atoms with Gasteiger partial charge in [-0.1, -0.05) is 39.0 Å². The van der Waals surface area contributed by atoms with Crippen LogP contribution in [0.1, 0.15) is 54.9 Å². The van der Waals surface area contributed by atoms with E-state index in [1.807, 2.05) is 25.1 Å². The summed E-state index contributed by atoms with van der Waals surface area (Å²) in [6, 6.07) is 12.1. The van der Waals surface area contributed by atoms with Crippen molar-refractivity contribution in [2.75, 3.05) is 20.3 Å². The molecule has 4 rings (SSSR count). The van der Waals surface area contributed by atoms with E-state index in [9.17, 15) is 9.59 Å². The Kier molecular flexibility index (Phi) is 5.72. The molecule has 2 aromatic carbocycles. The lowest BCUT2D eigenvalue weighted by Crippen LogP contribution is -2.30. The van der Waals surface area contributed by atoms with E-state index in [0.29, 0.717) is 47.1 Å². The number of hydrogen-bond donors (Lipinski definition) is 0. The first-order valence-electron chi connectivity index (χ1n) is 10.6. The summed E-state index contributed by atoms with van der Waals surface area (Å²) < 4.78 is 17.3. The predicted molar refractivity (Wildman–Crippen MR) is 119 cm³/mol. The average Bonchev–Trinajstić information content (AvgIpc) is 3.04. The average molecular weight is 421 g/mol. The second-order valence-corrected chi connectivity index (χ2v) is 8.19. The lowest BCUT2D eigenvalue weighted by atomic mass is 9.98. The number of benzene rings is 2. The van der Waals surface area contributed by atoms with E-state index >= 15 is 0 Å². The van der Waals surface area contributed by atoms with Crippen molar-refractivity contribution in [2.45, 2.75) is 33.2 Å². The van der Waals surface area contributed by atoms with Crippen LogP contribution < -0.4 is 14.9 Å². The van der Waals surface area contributed by atoms with Gasteiger partial charge < -0.3 is 18.8 Å². The number of amides is 1. The Morgan fingerprint density at radius 1 is 1.10 bits per heavy atom. The Morgan fingerprint density at radius 2 is 1.87 bits per heavy atom. The van der Waals surface area contributed by atoms with Gasteiger partial charge in [-0.3, -0.25) is 9.59 Å². The van der Waals surface area contributed by atoms with E-state index in [-0.39, 0.29) is 17.1 Å². The number of nitrogens with zero attached hydrogens (tertiary/aromatic N) is 1. The van der Waals surface area contributed by atoms with Crippen molar-refractivity contribution in [1.29, 1.82) is 0 Å². The van der Waals surface area contributed by atoms with Gasteiger partial charge in [0.05, 0.1) is 30.7 Å². The molecule has 1 atom stereocenters. The molecule has 6 heteroatoms. The lowest BCUT2D eigenvalue weighted by Gasteiger charge is -2.25. The largest absolute Gasteiger partial charge is 0.493 e. The fourth-order valence-corrected chi connectivity index (χ4v) is 4.02. The standard InChI is InChI=1S/C25H27NO5/c1-5-12-26-22(16-10-11-19(20(13-16)29-4)30-14-15(2)3)21-23(27)17-8-6-7-9-18(17)31-24(21)25(26)28/h6-11,13,15,22H,5,12,14H2,1-4H3. The van der Waals surface area contributed by atoms with Gasteiger partial charge in [-0.2, -0.15) is 0 Å². The van der Waals surface area contributed by atoms with Crippen LogP contribution in [-0.4, -0.2) is 31.1 Å². The van der Waals surface area contributed by atoms with Gasteiger partial charge in [0.2, 0.25) is 5.76 Å². The second-order valence-electron chi connectivity index (χ2n) is 8.19. The molecule has 1 aromatic heterocycles. The molecule has 0 fully saturated rings. The summed E-state index contributed by atoms with van der Waals surface area (Å²) in [5.41, 5.74) is 1.42. The van der Waals surface area contributed by atoms with Crippen LogP contribution in [0.15, 0.2) is 51.7 Å². The summed E-state index contributed by atoms with van der Waals surface area (Å²) in [5.74, 6) is 1.45. The monoisotopic (exact) mass is 421 g/mol. The molecule has 1 aliphatic rings. The molecule has 0 spiro atoms. The van der Waals surface area contributed by atoms with Crippen LogP contribution in [0.2, 0.25) is 0 Å². The van der Waals surface area contributed by atoms with Crippen LogP contribution >= 0.6 is 0 Å². The van der Waals surface area contributed by atoms with Gasteiger partial charge in [-0.15, -0.1) is 0 Å². The van der Waals surface area contributed by atoms with E-state index in [1.165, 1.54) is 0 Å². The van der Waals surface area contributed by atoms with Gasteiger partial charge in [0.15, 0.2) is 16.9 Å². The van der Waals surface area contributed by atoms with E-state index in [1.54, 1.807) is 36.3 Å². The van der Waals surface area contributed by atoms with Crippen LogP contribution in [0.3, 0.4) is 0 Å². The number of para-hydroxylation sites is 1. The zero-order valence-electron chi connectivity index (χ0n) is 18.3. The normalized spacial score (nSPS) is 15.6. The SMILES string of the molecule is CCCN1C(=O)c2oc3ccccc3c(=O)c2C1c1ccc(OCC(C)C)c(OC)c1. The quantitative estimate of drug-likeness (QED) is 0.549. The minimum atomic E-state index is -0.531. The molecule has 0 bridgehead atoms. The highest BCUT2D eigenvalue weighted by Crippen LogP contribution is 2.41. The van der Waals surface area contributed by atoms with Crippen molar-refractivity contribution in [2.24, 2.45) is 5.92 Å². The molecule has 0 radical (unpaired) electrons. The number of fused-ring (bicyclic) bond motifs is 2. The van der Waals surface area contributed by atoms with E-state index in [0.717, 1.165) is 12.0 Å². The third-order valence-corrected chi connectivity index (χ3v) is 5.41. The topological polar surface area (TPSA) is 69.0 Å². The molecule has 6 nitrogen and oxygen atoms in total. The number of methoxy groups -OCH3 is 1. The molecule has 0 saturated carbocycles. The third kappa shape index (κ3) is 3.67. The van der Waals surface area contributed by atoms with E-state index < -0.39 is 6.04 Å². The number of carbonyl (C=O) groups is 1. The zero-order chi connectivity index (χ0) is 22.1. The van der Waals surface area contributed by atoms with Crippen molar-refractivity contribution >= 4 is 16.9 Å². The third-order valence-electron chi connectivity index (χ3n) is 5.41. The Balaban J connectivity index is 1.86. The predicted octanol–water partition coefficient (Wildman–Crippen LogP) is 4.79. The van der Waals surface area contributed by atoms with Gasteiger partial charge in [0.1, 0.15) is 5.58 Å². The highest BCUT2D eigenvalue weighted by molar-refractivity contribution is 5.99. The van der Waals surface area contributed by atoms with Crippen molar-refractivity contribution in [3.8, 4) is 11.5 Å². The Morgan fingerprint density at radius 3 is 2.58 bits per heavy atom. The van der Waals surface area contributed by atoms with Crippen LogP contribution in [0.25, 0.3) is 11.0 Å². The molecular weight excluding hydrogens is 394 g/mol. The number of carbonyl (C=O) groups excluding carboxylic acids is 1. The molecule has 1 aliphatic heterocycles. The second kappa shape index (κ2) is 8.46. The van der Waals surface area contributed by atoms with Gasteiger partial charge in [-0.25, -0.2) is 0 Å². The van der Waals surface area contributed by atoms with Gasteiger partial charge in [0.25, 0.3) is 5.91 Å². The highest BCUT2D eigenvalue weighted by Gasteiger charge is 2.42. The molecule has 31 heavy (non-hydrogen) atoms. The smallest absolute Gasteiger partial charge is 0.290 e. The van der Waals surface area contributed by atoms with Crippen molar-refractivity contribution in [1.82, 2.24) is 4.90 Å². The van der Waals surface area contributed by atoms with Crippen molar-refractivity contribution in [3.63, 3.8) is 0 Å². The summed E-state index contributed by atoms with van der Waals surface area (Å²) in [6.45, 7) is 7.24. The minimum Gasteiger partial charge on any atom is -0.493 e. The summed E-state index contributed by atoms with van der Waals surface area (Å²) in [4.78, 5) is 28.3. The maximum atomic E-state index is 13.4. The van der Waals surface area contributed by atoms with Crippen LogP contribution in [-0.2, 0) is 0 Å². The molecule has 0 N–H and O–H groups in total. The molecule has 3 aromatic rings. The fourth-order valence-electron chi connectivity index (χ4n) is 4.02. The fraction of sp³-hybridized carbons (Fsp3) is 0.360. The molecule has 1 amide bonds. The number of ether oxygens (including phenoxy) is 2. The van der Waals surface area contributed by atoms with Crippen LogP contribution in [0.5, 0.6) is 11.5 Å². The Labute approximate surface area is 181 Å². The van der Waals surface area contributed by atoms with Crippen LogP contribution in [0.4, 0.5) is 0 Å². The summed E-state index contributed by atoms with van der Waals surface area (Å²) >= 11 is 0.